The molecule has 0 saturated heterocycles. The van der Waals surface area contributed by atoms with Crippen molar-refractivity contribution in [3.8, 4) is 23.1 Å². The zero-order valence-electron chi connectivity index (χ0n) is 17.4. The van der Waals surface area contributed by atoms with Crippen LogP contribution in [0, 0.1) is 18.3 Å². The Labute approximate surface area is 188 Å². The third-order valence-corrected chi connectivity index (χ3v) is 5.31. The van der Waals surface area contributed by atoms with E-state index in [1.165, 1.54) is 25.3 Å². The van der Waals surface area contributed by atoms with Crippen molar-refractivity contribution in [2.24, 2.45) is 7.05 Å². The molecule has 0 saturated carbocycles. The fraction of sp³-hybridized carbons (Fsp3) is 0.130. The van der Waals surface area contributed by atoms with Gasteiger partial charge in [0.05, 0.1) is 18.2 Å². The summed E-state index contributed by atoms with van der Waals surface area (Å²) < 4.78 is 6.81. The summed E-state index contributed by atoms with van der Waals surface area (Å²) in [5.41, 5.74) is 1.56. The summed E-state index contributed by atoms with van der Waals surface area (Å²) in [5, 5.41) is 21.9. The number of hydrogen-bond donors (Lipinski definition) is 2. The predicted molar refractivity (Wildman–Crippen MR) is 118 cm³/mol. The Balaban J connectivity index is 2.04. The van der Waals surface area contributed by atoms with Crippen LogP contribution in [-0.2, 0) is 11.8 Å². The second-order valence-electron chi connectivity index (χ2n) is 6.89. The molecular formula is C23H18ClN3O5. The predicted octanol–water partition coefficient (Wildman–Crippen LogP) is 4.05. The van der Waals surface area contributed by atoms with Crippen molar-refractivity contribution in [3.05, 3.63) is 69.9 Å². The van der Waals surface area contributed by atoms with Gasteiger partial charge in [0.25, 0.3) is 11.7 Å². The zero-order valence-corrected chi connectivity index (χ0v) is 18.1. The van der Waals surface area contributed by atoms with Gasteiger partial charge in [-0.2, -0.15) is 5.26 Å². The number of nitrogens with zero attached hydrogens (tertiary/aromatic N) is 2. The molecule has 1 amide bonds. The molecule has 0 aliphatic carbocycles. The van der Waals surface area contributed by atoms with Crippen LogP contribution in [-0.4, -0.2) is 34.4 Å². The van der Waals surface area contributed by atoms with E-state index in [0.29, 0.717) is 22.1 Å². The van der Waals surface area contributed by atoms with Gasteiger partial charge < -0.3 is 19.7 Å². The molecule has 3 aromatic rings. The second-order valence-corrected chi connectivity index (χ2v) is 7.33. The van der Waals surface area contributed by atoms with E-state index in [9.17, 15) is 24.8 Å². The summed E-state index contributed by atoms with van der Waals surface area (Å²) in [4.78, 5) is 37.2. The molecule has 0 unspecified atom stereocenters. The highest BCUT2D eigenvalue weighted by Gasteiger charge is 2.25. The van der Waals surface area contributed by atoms with Crippen LogP contribution in [0.4, 0.5) is 5.69 Å². The van der Waals surface area contributed by atoms with Crippen LogP contribution in [0.1, 0.15) is 32.0 Å². The van der Waals surface area contributed by atoms with Crippen LogP contribution in [0.15, 0.2) is 42.5 Å². The number of methoxy groups -OCH3 is 1. The second kappa shape index (κ2) is 8.96. The molecule has 0 radical (unpaired) electrons. The molecular weight excluding hydrogens is 434 g/mol. The number of carbonyl (C=O) groups is 3. The number of nitriles is 1. The Morgan fingerprint density at radius 3 is 2.34 bits per heavy atom. The quantitative estimate of drug-likeness (QED) is 0.430. The van der Waals surface area contributed by atoms with Gasteiger partial charge in [0, 0.05) is 40.3 Å². The first-order valence-corrected chi connectivity index (χ1v) is 9.69. The van der Waals surface area contributed by atoms with Crippen LogP contribution in [0.25, 0.3) is 11.3 Å². The Kier molecular flexibility index (Phi) is 6.32. The molecule has 3 rings (SSSR count). The lowest BCUT2D eigenvalue weighted by Crippen LogP contribution is -2.23. The normalized spacial score (nSPS) is 10.3. The van der Waals surface area contributed by atoms with E-state index in [0.717, 1.165) is 0 Å². The first-order valence-electron chi connectivity index (χ1n) is 9.31. The minimum Gasteiger partial charge on any atom is -0.495 e. The van der Waals surface area contributed by atoms with E-state index in [4.69, 9.17) is 16.3 Å². The van der Waals surface area contributed by atoms with Gasteiger partial charge in [-0.3, -0.25) is 9.59 Å². The number of halogens is 1. The van der Waals surface area contributed by atoms with Gasteiger partial charge in [0.2, 0.25) is 0 Å². The Morgan fingerprint density at radius 2 is 1.78 bits per heavy atom. The van der Waals surface area contributed by atoms with Crippen molar-refractivity contribution in [1.29, 1.82) is 5.26 Å². The van der Waals surface area contributed by atoms with Gasteiger partial charge in [-0.1, -0.05) is 11.6 Å². The Bertz CT molecular complexity index is 1290. The number of rotatable bonds is 6. The molecule has 2 aromatic carbocycles. The number of carboxylic acid groups (broad SMARTS) is 1. The van der Waals surface area contributed by atoms with Crippen LogP contribution in [0.3, 0.4) is 0 Å². The number of ketones is 1. The highest BCUT2D eigenvalue weighted by molar-refractivity contribution is 6.47. The van der Waals surface area contributed by atoms with Gasteiger partial charge in [0.15, 0.2) is 0 Å². The number of anilines is 1. The number of hydrogen-bond acceptors (Lipinski definition) is 5. The van der Waals surface area contributed by atoms with Crippen LogP contribution >= 0.6 is 11.6 Å². The highest BCUT2D eigenvalue weighted by atomic mass is 35.5. The molecule has 9 heteroatoms. The fourth-order valence-electron chi connectivity index (χ4n) is 3.26. The van der Waals surface area contributed by atoms with Crippen LogP contribution < -0.4 is 10.1 Å². The minimum absolute atomic E-state index is 0.0678. The van der Waals surface area contributed by atoms with Crippen molar-refractivity contribution in [1.82, 2.24) is 4.57 Å². The van der Waals surface area contributed by atoms with E-state index in [-0.39, 0.29) is 28.0 Å². The third kappa shape index (κ3) is 4.19. The molecule has 2 N–H and O–H groups in total. The Morgan fingerprint density at radius 1 is 1.12 bits per heavy atom. The average Bonchev–Trinajstić information content (AvgIpc) is 3.08. The molecule has 1 aromatic heterocycles. The molecule has 0 bridgehead atoms. The van der Waals surface area contributed by atoms with Crippen LogP contribution in [0.5, 0.6) is 5.75 Å². The summed E-state index contributed by atoms with van der Waals surface area (Å²) >= 11 is 5.83. The van der Waals surface area contributed by atoms with Gasteiger partial charge in [-0.25, -0.2) is 4.79 Å². The van der Waals surface area contributed by atoms with Gasteiger partial charge >= 0.3 is 5.97 Å². The smallest absolute Gasteiger partial charge is 0.336 e. The zero-order chi connectivity index (χ0) is 23.6. The van der Waals surface area contributed by atoms with E-state index >= 15 is 0 Å². The maximum atomic E-state index is 12.8. The number of carboxylic acids is 1. The lowest BCUT2D eigenvalue weighted by atomic mass is 10.00. The van der Waals surface area contributed by atoms with E-state index in [1.54, 1.807) is 42.8 Å². The summed E-state index contributed by atoms with van der Waals surface area (Å²) in [6, 6.07) is 12.3. The summed E-state index contributed by atoms with van der Waals surface area (Å²) in [6.07, 6.45) is 0. The number of ether oxygens (including phenoxy) is 1. The van der Waals surface area contributed by atoms with Crippen molar-refractivity contribution in [2.75, 3.05) is 12.4 Å². The molecule has 0 atom stereocenters. The molecule has 162 valence electrons. The molecule has 32 heavy (non-hydrogen) atoms. The van der Waals surface area contributed by atoms with Crippen LogP contribution in [0.2, 0.25) is 5.02 Å². The van der Waals surface area contributed by atoms with Gasteiger partial charge in [-0.05, 0) is 49.4 Å². The number of aromatic carboxylic acids is 1. The van der Waals surface area contributed by atoms with E-state index < -0.39 is 17.7 Å². The lowest BCUT2D eigenvalue weighted by Gasteiger charge is -2.12. The SMILES string of the molecule is COc1cc(-c2cc(C(=O)C(=O)Nc3ccc(Cl)cc3)c(C)n2C)c(C(=O)O)cc1C#N. The number of nitrogens with one attached hydrogen (secondary N) is 1. The summed E-state index contributed by atoms with van der Waals surface area (Å²) in [5.74, 6) is -2.67. The molecule has 0 fully saturated rings. The first-order chi connectivity index (χ1) is 15.2. The minimum atomic E-state index is -1.24. The standard InChI is InChI=1S/C23H18ClN3O5/c1-12-16(21(28)22(29)26-15-6-4-14(24)5-7-15)9-19(27(12)2)17-10-20(32-3)13(11-25)8-18(17)23(30)31/h4-10H,1-3H3,(H,26,29)(H,30,31). The van der Waals surface area contributed by atoms with Crippen molar-refractivity contribution >= 4 is 34.9 Å². The Hall–Kier alpha value is -4.09. The van der Waals surface area contributed by atoms with Crippen molar-refractivity contribution in [3.63, 3.8) is 0 Å². The third-order valence-electron chi connectivity index (χ3n) is 5.05. The molecule has 8 nitrogen and oxygen atoms in total. The number of carbonyl (C=O) groups excluding carboxylic acids is 2. The van der Waals surface area contributed by atoms with E-state index in [2.05, 4.69) is 5.32 Å². The summed E-state index contributed by atoms with van der Waals surface area (Å²) in [6.45, 7) is 1.65. The monoisotopic (exact) mass is 451 g/mol. The van der Waals surface area contributed by atoms with E-state index in [1.807, 2.05) is 6.07 Å². The summed E-state index contributed by atoms with van der Waals surface area (Å²) in [7, 11) is 3.02. The maximum Gasteiger partial charge on any atom is 0.336 e. The lowest BCUT2D eigenvalue weighted by molar-refractivity contribution is -0.112. The maximum absolute atomic E-state index is 12.8. The number of amides is 1. The first kappa shape index (κ1) is 22.6. The topological polar surface area (TPSA) is 121 Å². The molecule has 0 spiro atoms. The molecule has 1 heterocycles. The largest absolute Gasteiger partial charge is 0.495 e. The average molecular weight is 452 g/mol. The molecule has 0 aliphatic rings. The van der Waals surface area contributed by atoms with Gasteiger partial charge in [-0.15, -0.1) is 0 Å². The van der Waals surface area contributed by atoms with Crippen molar-refractivity contribution in [2.45, 2.75) is 6.92 Å². The fourth-order valence-corrected chi connectivity index (χ4v) is 3.38. The van der Waals surface area contributed by atoms with Crippen molar-refractivity contribution < 1.29 is 24.2 Å². The number of aromatic nitrogens is 1. The number of Topliss-reactive ketones (excluding diaryl/α,β-unsaturated/α-hetero) is 1. The highest BCUT2D eigenvalue weighted by Crippen LogP contribution is 2.33. The van der Waals surface area contributed by atoms with Gasteiger partial charge in [0.1, 0.15) is 11.8 Å². The molecule has 0 aliphatic heterocycles. The number of benzene rings is 2.